The van der Waals surface area contributed by atoms with E-state index in [0.717, 1.165) is 29.7 Å². The van der Waals surface area contributed by atoms with Gasteiger partial charge in [-0.2, -0.15) is 4.73 Å². The number of carbonyl (C=O) groups excluding carboxylic acids is 2. The van der Waals surface area contributed by atoms with E-state index < -0.39 is 17.2 Å². The van der Waals surface area contributed by atoms with Crippen LogP contribution in [0.5, 0.6) is 11.5 Å². The van der Waals surface area contributed by atoms with Gasteiger partial charge < -0.3 is 23.8 Å². The molecule has 0 spiro atoms. The Kier molecular flexibility index (Phi) is 8.24. The quantitative estimate of drug-likeness (QED) is 0.273. The summed E-state index contributed by atoms with van der Waals surface area (Å²) in [5, 5.41) is 0. The molecule has 0 saturated carbocycles. The van der Waals surface area contributed by atoms with Crippen LogP contribution in [-0.4, -0.2) is 54.7 Å². The molecule has 3 heterocycles. The summed E-state index contributed by atoms with van der Waals surface area (Å²) in [5.74, 6) is -0.0688. The van der Waals surface area contributed by atoms with Gasteiger partial charge in [-0.05, 0) is 49.1 Å². The molecule has 1 aromatic heterocycles. The fourth-order valence-corrected chi connectivity index (χ4v) is 4.47. The highest BCUT2D eigenvalue weighted by Gasteiger charge is 2.35. The van der Waals surface area contributed by atoms with Gasteiger partial charge in [0.15, 0.2) is 12.0 Å². The van der Waals surface area contributed by atoms with Gasteiger partial charge in [0.25, 0.3) is 11.8 Å². The fraction of sp³-hybridized carbons (Fsp3) is 0.345. The molecule has 5 rings (SSSR count). The topological polar surface area (TPSA) is 106 Å². The van der Waals surface area contributed by atoms with Crippen LogP contribution in [0.1, 0.15) is 51.2 Å². The number of fused-ring (bicyclic) bond motifs is 1. The molecule has 3 aromatic rings. The van der Waals surface area contributed by atoms with Crippen molar-refractivity contribution in [3.63, 3.8) is 0 Å². The molecule has 39 heavy (non-hydrogen) atoms. The van der Waals surface area contributed by atoms with Crippen LogP contribution in [0.25, 0.3) is 0 Å². The zero-order valence-electron chi connectivity index (χ0n) is 21.7. The molecule has 1 fully saturated rings. The number of rotatable bonds is 11. The van der Waals surface area contributed by atoms with Gasteiger partial charge in [0, 0.05) is 12.7 Å². The summed E-state index contributed by atoms with van der Waals surface area (Å²) in [6.07, 6.45) is 4.05. The summed E-state index contributed by atoms with van der Waals surface area (Å²) in [6.45, 7) is 1.08. The van der Waals surface area contributed by atoms with E-state index in [2.05, 4.69) is 0 Å². The number of ether oxygens (including phenoxy) is 4. The molecule has 0 radical (unpaired) electrons. The van der Waals surface area contributed by atoms with Crippen LogP contribution >= 0.6 is 0 Å². The maximum Gasteiger partial charge on any atom is 0.261 e. The lowest BCUT2D eigenvalue weighted by Gasteiger charge is -2.23. The Balaban J connectivity index is 1.32. The lowest BCUT2D eigenvalue weighted by atomic mass is 10.1. The van der Waals surface area contributed by atoms with Crippen LogP contribution in [0.4, 0.5) is 0 Å². The van der Waals surface area contributed by atoms with E-state index in [1.165, 1.54) is 17.0 Å². The van der Waals surface area contributed by atoms with Crippen LogP contribution in [0.3, 0.4) is 0 Å². The molecule has 10 nitrogen and oxygen atoms in total. The van der Waals surface area contributed by atoms with Gasteiger partial charge in [-0.3, -0.25) is 19.3 Å². The number of imide groups is 1. The third-order valence-corrected chi connectivity index (χ3v) is 6.57. The van der Waals surface area contributed by atoms with E-state index in [4.69, 9.17) is 23.8 Å². The molecule has 0 N–H and O–H groups in total. The second-order valence-corrected chi connectivity index (χ2v) is 9.20. The van der Waals surface area contributed by atoms with Crippen LogP contribution in [0.2, 0.25) is 0 Å². The lowest BCUT2D eigenvalue weighted by Crippen LogP contribution is -2.33. The summed E-state index contributed by atoms with van der Waals surface area (Å²) in [7, 11) is 1.59. The first-order valence-corrected chi connectivity index (χ1v) is 12.9. The van der Waals surface area contributed by atoms with Gasteiger partial charge in [-0.15, -0.1) is 0 Å². The summed E-state index contributed by atoms with van der Waals surface area (Å²) >= 11 is 0. The van der Waals surface area contributed by atoms with Crippen molar-refractivity contribution in [2.24, 2.45) is 0 Å². The van der Waals surface area contributed by atoms with Crippen molar-refractivity contribution in [1.29, 1.82) is 0 Å². The molecule has 2 aliphatic rings. The first-order chi connectivity index (χ1) is 19.0. The Morgan fingerprint density at radius 2 is 1.69 bits per heavy atom. The Labute approximate surface area is 225 Å². The van der Waals surface area contributed by atoms with Crippen molar-refractivity contribution in [2.75, 3.05) is 26.9 Å². The van der Waals surface area contributed by atoms with E-state index in [1.54, 1.807) is 43.5 Å². The van der Waals surface area contributed by atoms with Gasteiger partial charge in [-0.1, -0.05) is 24.3 Å². The first kappa shape index (κ1) is 26.5. The van der Waals surface area contributed by atoms with Crippen molar-refractivity contribution in [1.82, 2.24) is 9.63 Å². The summed E-state index contributed by atoms with van der Waals surface area (Å²) in [5.41, 5.74) is 1.43. The average Bonchev–Trinajstić information content (AvgIpc) is 3.21. The van der Waals surface area contributed by atoms with Crippen LogP contribution in [0.15, 0.2) is 65.6 Å². The van der Waals surface area contributed by atoms with Crippen LogP contribution in [-0.2, 0) is 22.6 Å². The highest BCUT2D eigenvalue weighted by Crippen LogP contribution is 2.24. The van der Waals surface area contributed by atoms with Crippen molar-refractivity contribution in [2.45, 2.75) is 38.7 Å². The predicted octanol–water partition coefficient (Wildman–Crippen LogP) is 3.20. The van der Waals surface area contributed by atoms with Crippen molar-refractivity contribution in [3.8, 4) is 11.5 Å². The summed E-state index contributed by atoms with van der Waals surface area (Å²) < 4.78 is 23.7. The third kappa shape index (κ3) is 6.13. The van der Waals surface area contributed by atoms with E-state index in [0.29, 0.717) is 29.2 Å². The fourth-order valence-electron chi connectivity index (χ4n) is 4.47. The number of pyridine rings is 1. The monoisotopic (exact) mass is 534 g/mol. The highest BCUT2D eigenvalue weighted by atomic mass is 16.7. The molecule has 10 heteroatoms. The van der Waals surface area contributed by atoms with Crippen LogP contribution in [0, 0.1) is 0 Å². The molecule has 2 amide bonds. The Bertz CT molecular complexity index is 1340. The first-order valence-electron chi connectivity index (χ1n) is 12.9. The molecule has 0 aliphatic carbocycles. The minimum atomic E-state index is -0.424. The minimum absolute atomic E-state index is 0.0634. The smallest absolute Gasteiger partial charge is 0.261 e. The molecule has 204 valence electrons. The second kappa shape index (κ2) is 12.1. The molecule has 1 saturated heterocycles. The largest absolute Gasteiger partial charge is 0.497 e. The van der Waals surface area contributed by atoms with Gasteiger partial charge in [0.1, 0.15) is 19.0 Å². The SMILES string of the molecule is COc1ccc(COc2cn(OCCOC3CCCCO3)c(CN3C(=O)c4ccccc4C3=O)cc2=O)cc1. The number of hydrogen-bond acceptors (Lipinski definition) is 8. The van der Waals surface area contributed by atoms with Gasteiger partial charge in [-0.25, -0.2) is 0 Å². The van der Waals surface area contributed by atoms with E-state index in [-0.39, 0.29) is 38.4 Å². The molecule has 1 atom stereocenters. The molecular formula is C29H30N2O8. The molecule has 0 bridgehead atoms. The Morgan fingerprint density at radius 3 is 2.36 bits per heavy atom. The van der Waals surface area contributed by atoms with Gasteiger partial charge in [0.05, 0.1) is 43.3 Å². The normalized spacial score (nSPS) is 16.7. The number of nitrogens with zero attached hydrogens (tertiary/aromatic N) is 2. The minimum Gasteiger partial charge on any atom is -0.497 e. The molecule has 1 unspecified atom stereocenters. The van der Waals surface area contributed by atoms with Crippen molar-refractivity contribution < 1.29 is 33.4 Å². The van der Waals surface area contributed by atoms with E-state index >= 15 is 0 Å². The van der Waals surface area contributed by atoms with Gasteiger partial charge >= 0.3 is 0 Å². The van der Waals surface area contributed by atoms with E-state index in [1.807, 2.05) is 12.1 Å². The number of aromatic nitrogens is 1. The van der Waals surface area contributed by atoms with Crippen molar-refractivity contribution >= 4 is 11.8 Å². The lowest BCUT2D eigenvalue weighted by molar-refractivity contribution is -0.169. The maximum atomic E-state index is 13.0. The molecular weight excluding hydrogens is 504 g/mol. The number of methoxy groups -OCH3 is 1. The second-order valence-electron chi connectivity index (χ2n) is 9.20. The van der Waals surface area contributed by atoms with E-state index in [9.17, 15) is 14.4 Å². The number of benzene rings is 2. The average molecular weight is 535 g/mol. The molecule has 2 aliphatic heterocycles. The van der Waals surface area contributed by atoms with Gasteiger partial charge in [0.2, 0.25) is 5.43 Å². The summed E-state index contributed by atoms with van der Waals surface area (Å²) in [4.78, 5) is 45.8. The number of carbonyl (C=O) groups is 2. The predicted molar refractivity (Wildman–Crippen MR) is 140 cm³/mol. The third-order valence-electron chi connectivity index (χ3n) is 6.57. The Hall–Kier alpha value is -4.15. The zero-order chi connectivity index (χ0) is 27.2. The number of hydrogen-bond donors (Lipinski definition) is 0. The van der Waals surface area contributed by atoms with Crippen molar-refractivity contribution in [3.05, 3.63) is 93.4 Å². The highest BCUT2D eigenvalue weighted by molar-refractivity contribution is 6.21. The Morgan fingerprint density at radius 1 is 0.949 bits per heavy atom. The standard InChI is InChI=1S/C29H30N2O8/c1-35-22-11-9-20(10-12-22)19-38-26-18-31(39-15-14-37-27-8-4-5-13-36-27)21(16-25(26)32)17-30-28(33)23-6-2-3-7-24(23)29(30)34/h2-3,6-7,9-12,16,18,27H,4-5,8,13-15,17,19H2,1H3. The zero-order valence-corrected chi connectivity index (χ0v) is 21.7. The molecule has 2 aromatic carbocycles. The number of amides is 2. The summed E-state index contributed by atoms with van der Waals surface area (Å²) in [6, 6.07) is 15.2. The van der Waals surface area contributed by atoms with Crippen LogP contribution < -0.4 is 19.7 Å². The maximum absolute atomic E-state index is 13.0.